The normalized spacial score (nSPS) is 33.2. The Morgan fingerprint density at radius 1 is 1.06 bits per heavy atom. The van der Waals surface area contributed by atoms with Crippen LogP contribution in [0.15, 0.2) is 0 Å². The molecule has 0 spiro atoms. The van der Waals surface area contributed by atoms with Crippen molar-refractivity contribution in [1.29, 1.82) is 0 Å². The Labute approximate surface area is 94.8 Å². The van der Waals surface area contributed by atoms with E-state index >= 15 is 0 Å². The molecule has 2 heterocycles. The topological polar surface area (TPSA) is 7.68 Å². The summed E-state index contributed by atoms with van der Waals surface area (Å²) in [6, 6.07) is 0.562. The smallest absolute Gasteiger partial charge is 0.445 e. The zero-order valence-electron chi connectivity index (χ0n) is 9.60. The summed E-state index contributed by atoms with van der Waals surface area (Å²) in [5.41, 5.74) is 0. The van der Waals surface area contributed by atoms with Gasteiger partial charge in [0.2, 0.25) is 0 Å². The number of hydrogen-bond acceptors (Lipinski definition) is 1. The first-order valence-electron chi connectivity index (χ1n) is 6.33. The van der Waals surface area contributed by atoms with Gasteiger partial charge in [0, 0.05) is 18.9 Å². The van der Waals surface area contributed by atoms with E-state index < -0.39 is 13.4 Å². The Kier molecular flexibility index (Phi) is 3.79. The van der Waals surface area contributed by atoms with Crippen molar-refractivity contribution in [2.24, 2.45) is 0 Å². The highest BCUT2D eigenvalue weighted by atomic mass is 19.4. The van der Waals surface area contributed by atoms with Gasteiger partial charge in [0.1, 0.15) is 0 Å². The average Bonchev–Trinajstić information content (AvgIpc) is 2.69. The minimum atomic E-state index is -4.61. The van der Waals surface area contributed by atoms with Crippen molar-refractivity contribution in [2.75, 3.05) is 32.6 Å². The van der Waals surface area contributed by atoms with E-state index in [1.54, 1.807) is 0 Å². The summed E-state index contributed by atoms with van der Waals surface area (Å²) < 4.78 is 36.8. The van der Waals surface area contributed by atoms with Gasteiger partial charge < -0.3 is 17.8 Å². The molecule has 2 fully saturated rings. The lowest BCUT2D eigenvalue weighted by Crippen LogP contribution is -3.15. The number of likely N-dealkylation sites (tertiary alicyclic amines) is 2. The van der Waals surface area contributed by atoms with E-state index in [9.17, 15) is 12.9 Å². The molecular formula is C10H20BF3N2. The first kappa shape index (κ1) is 12.2. The van der Waals surface area contributed by atoms with Crippen LogP contribution in [0.1, 0.15) is 25.7 Å². The minimum absolute atomic E-state index is 0.562. The number of piperidine rings is 1. The van der Waals surface area contributed by atoms with Crippen LogP contribution in [0, 0.1) is 0 Å². The second-order valence-corrected chi connectivity index (χ2v) is 5.14. The van der Waals surface area contributed by atoms with Gasteiger partial charge in [0.15, 0.2) is 0 Å². The van der Waals surface area contributed by atoms with Crippen molar-refractivity contribution >= 4 is 6.98 Å². The minimum Gasteiger partial charge on any atom is -0.445 e. The number of hydrogen-bond donors (Lipinski definition) is 1. The van der Waals surface area contributed by atoms with E-state index in [1.165, 1.54) is 12.8 Å². The van der Waals surface area contributed by atoms with E-state index in [1.807, 2.05) is 0 Å². The second kappa shape index (κ2) is 4.96. The van der Waals surface area contributed by atoms with Crippen LogP contribution in [-0.4, -0.2) is 50.5 Å². The predicted molar refractivity (Wildman–Crippen MR) is 58.5 cm³/mol. The summed E-state index contributed by atoms with van der Waals surface area (Å²) in [5, 5.41) is 0. The molecule has 16 heavy (non-hydrogen) atoms. The van der Waals surface area contributed by atoms with Crippen LogP contribution >= 0.6 is 0 Å². The molecular weight excluding hydrogens is 216 g/mol. The predicted octanol–water partition coefficient (Wildman–Crippen LogP) is 0.516. The fraction of sp³-hybridized carbons (Fsp3) is 1.00. The van der Waals surface area contributed by atoms with Crippen molar-refractivity contribution in [2.45, 2.75) is 31.7 Å². The van der Waals surface area contributed by atoms with Crippen molar-refractivity contribution in [3.63, 3.8) is 0 Å². The highest BCUT2D eigenvalue weighted by Gasteiger charge is 2.34. The van der Waals surface area contributed by atoms with Gasteiger partial charge in [-0.1, -0.05) is 0 Å². The largest absolute Gasteiger partial charge is 0.531 e. The molecule has 0 atom stereocenters. The van der Waals surface area contributed by atoms with Crippen molar-refractivity contribution in [1.82, 2.24) is 4.90 Å². The first-order chi connectivity index (χ1) is 7.54. The Hall–Kier alpha value is -0.225. The molecule has 0 radical (unpaired) electrons. The molecule has 0 aromatic rings. The summed E-state index contributed by atoms with van der Waals surface area (Å²) in [6.07, 6.45) is 3.83. The first-order valence-corrected chi connectivity index (χ1v) is 6.33. The molecule has 0 unspecified atom stereocenters. The maximum Gasteiger partial charge on any atom is 0.531 e. The molecule has 0 amide bonds. The summed E-state index contributed by atoms with van der Waals surface area (Å²) >= 11 is 0. The fourth-order valence-corrected chi connectivity index (χ4v) is 3.01. The van der Waals surface area contributed by atoms with E-state index in [-0.39, 0.29) is 0 Å². The molecule has 2 rings (SSSR count). The molecule has 6 heteroatoms. The SMILES string of the molecule is F[B-](F)(F)C[NH+]1CCC(N2CCCC2)CC1. The molecule has 1 N–H and O–H groups in total. The van der Waals surface area contributed by atoms with E-state index in [4.69, 9.17) is 0 Å². The maximum absolute atomic E-state index is 12.3. The highest BCUT2D eigenvalue weighted by molar-refractivity contribution is 6.58. The third kappa shape index (κ3) is 3.38. The molecule has 2 nitrogen and oxygen atoms in total. The van der Waals surface area contributed by atoms with Crippen LogP contribution in [-0.2, 0) is 0 Å². The van der Waals surface area contributed by atoms with Gasteiger partial charge in [0.05, 0.1) is 19.5 Å². The molecule has 2 aliphatic heterocycles. The Morgan fingerprint density at radius 3 is 2.12 bits per heavy atom. The third-order valence-corrected chi connectivity index (χ3v) is 3.84. The molecule has 0 aromatic heterocycles. The third-order valence-electron chi connectivity index (χ3n) is 3.84. The van der Waals surface area contributed by atoms with Gasteiger partial charge in [0.25, 0.3) is 0 Å². The van der Waals surface area contributed by atoms with E-state index in [2.05, 4.69) is 4.90 Å². The Bertz CT molecular complexity index is 221. The standard InChI is InChI=1S/C10H19BF3N2/c12-11(13,14)9-15-7-3-10(4-8-15)16-5-1-2-6-16/h10H,1-9H2/q-1/p+1. The van der Waals surface area contributed by atoms with Crippen LogP contribution < -0.4 is 4.90 Å². The number of halogens is 3. The van der Waals surface area contributed by atoms with Gasteiger partial charge >= 0.3 is 6.98 Å². The van der Waals surface area contributed by atoms with Gasteiger partial charge in [-0.15, -0.1) is 0 Å². The molecule has 0 aromatic carbocycles. The summed E-state index contributed by atoms with van der Waals surface area (Å²) in [6.45, 7) is -0.904. The molecule has 94 valence electrons. The van der Waals surface area contributed by atoms with Crippen LogP contribution in [0.4, 0.5) is 12.9 Å². The zero-order chi connectivity index (χ0) is 11.6. The lowest BCUT2D eigenvalue weighted by molar-refractivity contribution is -0.897. The monoisotopic (exact) mass is 236 g/mol. The second-order valence-electron chi connectivity index (χ2n) is 5.14. The summed E-state index contributed by atoms with van der Waals surface area (Å²) in [4.78, 5) is 3.21. The van der Waals surface area contributed by atoms with Gasteiger partial charge in [-0.05, 0) is 25.9 Å². The molecule has 2 aliphatic rings. The zero-order valence-corrected chi connectivity index (χ0v) is 9.60. The summed E-state index contributed by atoms with van der Waals surface area (Å²) in [5.74, 6) is 0. The van der Waals surface area contributed by atoms with Gasteiger partial charge in [-0.2, -0.15) is 0 Å². The van der Waals surface area contributed by atoms with Gasteiger partial charge in [-0.25, -0.2) is 0 Å². The lowest BCUT2D eigenvalue weighted by Gasteiger charge is -2.36. The Morgan fingerprint density at radius 2 is 1.62 bits per heavy atom. The molecule has 0 aliphatic carbocycles. The van der Waals surface area contributed by atoms with Crippen LogP contribution in [0.2, 0.25) is 0 Å². The van der Waals surface area contributed by atoms with E-state index in [0.717, 1.165) is 30.8 Å². The van der Waals surface area contributed by atoms with Crippen LogP contribution in [0.25, 0.3) is 0 Å². The number of quaternary nitrogens is 1. The van der Waals surface area contributed by atoms with Crippen LogP contribution in [0.5, 0.6) is 0 Å². The van der Waals surface area contributed by atoms with Gasteiger partial charge in [-0.3, -0.25) is 4.90 Å². The number of nitrogens with zero attached hydrogens (tertiary/aromatic N) is 1. The molecule has 0 bridgehead atoms. The molecule has 2 saturated heterocycles. The fourth-order valence-electron chi connectivity index (χ4n) is 3.01. The number of nitrogens with one attached hydrogen (secondary N) is 1. The highest BCUT2D eigenvalue weighted by Crippen LogP contribution is 2.17. The quantitative estimate of drug-likeness (QED) is 0.702. The van der Waals surface area contributed by atoms with Crippen molar-refractivity contribution < 1.29 is 17.8 Å². The summed E-state index contributed by atoms with van der Waals surface area (Å²) in [7, 11) is 0. The average molecular weight is 236 g/mol. The molecule has 0 saturated carbocycles. The lowest BCUT2D eigenvalue weighted by atomic mass is 9.89. The van der Waals surface area contributed by atoms with Crippen molar-refractivity contribution in [3.8, 4) is 0 Å². The van der Waals surface area contributed by atoms with Crippen molar-refractivity contribution in [3.05, 3.63) is 0 Å². The maximum atomic E-state index is 12.3. The van der Waals surface area contributed by atoms with Crippen LogP contribution in [0.3, 0.4) is 0 Å². The Balaban J connectivity index is 1.74. The van der Waals surface area contributed by atoms with E-state index in [0.29, 0.717) is 19.1 Å². The number of rotatable bonds is 3.